The molecule has 0 unspecified atom stereocenters. The summed E-state index contributed by atoms with van der Waals surface area (Å²) in [5, 5.41) is 6.19. The van der Waals surface area contributed by atoms with Crippen LogP contribution in [-0.2, 0) is 15.3 Å². The first-order chi connectivity index (χ1) is 13.6. The minimum atomic E-state index is -0.586. The molecule has 1 aliphatic rings. The van der Waals surface area contributed by atoms with E-state index < -0.39 is 12.0 Å². The van der Waals surface area contributed by atoms with Gasteiger partial charge in [0.05, 0.1) is 18.2 Å². The molecule has 3 rings (SSSR count). The van der Waals surface area contributed by atoms with Crippen molar-refractivity contribution in [1.29, 1.82) is 0 Å². The molecule has 0 bridgehead atoms. The summed E-state index contributed by atoms with van der Waals surface area (Å²) in [7, 11) is 0. The summed E-state index contributed by atoms with van der Waals surface area (Å²) < 4.78 is 5.26. The number of carbonyl (C=O) groups is 2. The largest absolute Gasteiger partial charge is 0.463 e. The van der Waals surface area contributed by atoms with Crippen molar-refractivity contribution in [1.82, 2.24) is 10.6 Å². The number of nitrogens with one attached hydrogen (secondary N) is 2. The number of carbonyl (C=O) groups excluding carboxylic acids is 2. The van der Waals surface area contributed by atoms with Crippen LogP contribution in [0.15, 0.2) is 65.9 Å². The molecule has 1 aliphatic heterocycles. The van der Waals surface area contributed by atoms with Crippen molar-refractivity contribution in [2.45, 2.75) is 18.7 Å². The SMILES string of the molecule is CCOC(=O)C1=C(CSCc2ccccc2)NC(=O)N[C@H]1c1ccc(Cl)cc1. The maximum absolute atomic E-state index is 12.7. The highest BCUT2D eigenvalue weighted by molar-refractivity contribution is 7.98. The van der Waals surface area contributed by atoms with Gasteiger partial charge in [-0.05, 0) is 30.2 Å². The van der Waals surface area contributed by atoms with Crippen molar-refractivity contribution in [3.8, 4) is 0 Å². The molecule has 2 N–H and O–H groups in total. The number of rotatable bonds is 7. The predicted molar refractivity (Wildman–Crippen MR) is 112 cm³/mol. The van der Waals surface area contributed by atoms with Crippen molar-refractivity contribution in [2.75, 3.05) is 12.4 Å². The van der Waals surface area contributed by atoms with Crippen LogP contribution in [0.4, 0.5) is 4.79 Å². The summed E-state index contributed by atoms with van der Waals surface area (Å²) in [6.07, 6.45) is 0. The van der Waals surface area contributed by atoms with Crippen LogP contribution in [-0.4, -0.2) is 24.4 Å². The maximum Gasteiger partial charge on any atom is 0.338 e. The first-order valence-electron chi connectivity index (χ1n) is 8.93. The average molecular weight is 417 g/mol. The van der Waals surface area contributed by atoms with Crippen molar-refractivity contribution in [2.24, 2.45) is 0 Å². The van der Waals surface area contributed by atoms with Crippen LogP contribution in [0.1, 0.15) is 24.1 Å². The van der Waals surface area contributed by atoms with Crippen LogP contribution >= 0.6 is 23.4 Å². The van der Waals surface area contributed by atoms with E-state index in [4.69, 9.17) is 16.3 Å². The zero-order valence-corrected chi connectivity index (χ0v) is 17.0. The summed E-state index contributed by atoms with van der Waals surface area (Å²) in [6.45, 7) is 2.02. The number of urea groups is 1. The molecule has 28 heavy (non-hydrogen) atoms. The van der Waals surface area contributed by atoms with Gasteiger partial charge in [0.1, 0.15) is 0 Å². The monoisotopic (exact) mass is 416 g/mol. The smallest absolute Gasteiger partial charge is 0.338 e. The normalized spacial score (nSPS) is 16.4. The van der Waals surface area contributed by atoms with E-state index in [0.29, 0.717) is 22.0 Å². The standard InChI is InChI=1S/C21H21ClN2O3S/c1-2-27-20(25)18-17(13-28-12-14-6-4-3-5-7-14)23-21(26)24-19(18)15-8-10-16(22)11-9-15/h3-11,19H,2,12-13H2,1H3,(H2,23,24,26)/t19-/m0/s1. The van der Waals surface area contributed by atoms with E-state index in [0.717, 1.165) is 11.3 Å². The second-order valence-electron chi connectivity index (χ2n) is 6.17. The highest BCUT2D eigenvalue weighted by Crippen LogP contribution is 2.30. The molecule has 0 radical (unpaired) electrons. The Morgan fingerprint density at radius 3 is 2.50 bits per heavy atom. The van der Waals surface area contributed by atoms with Crippen molar-refractivity contribution >= 4 is 35.4 Å². The Hall–Kier alpha value is -2.44. The fraction of sp³-hybridized carbons (Fsp3) is 0.238. The maximum atomic E-state index is 12.7. The van der Waals surface area contributed by atoms with E-state index >= 15 is 0 Å². The number of amides is 2. The lowest BCUT2D eigenvalue weighted by Gasteiger charge is -2.29. The molecule has 0 spiro atoms. The molecule has 2 aromatic carbocycles. The van der Waals surface area contributed by atoms with Gasteiger partial charge in [-0.15, -0.1) is 0 Å². The number of halogens is 1. The van der Waals surface area contributed by atoms with E-state index in [1.54, 1.807) is 43.0 Å². The fourth-order valence-corrected chi connectivity index (χ4v) is 4.02. The Bertz CT molecular complexity index is 869. The molecular weight excluding hydrogens is 396 g/mol. The van der Waals surface area contributed by atoms with E-state index in [1.165, 1.54) is 5.56 Å². The molecule has 0 fully saturated rings. The van der Waals surface area contributed by atoms with Gasteiger partial charge in [0.15, 0.2) is 0 Å². The van der Waals surface area contributed by atoms with E-state index in [9.17, 15) is 9.59 Å². The Morgan fingerprint density at radius 2 is 1.82 bits per heavy atom. The molecule has 7 heteroatoms. The van der Waals surface area contributed by atoms with Gasteiger partial charge in [0.25, 0.3) is 0 Å². The van der Waals surface area contributed by atoms with Gasteiger partial charge >= 0.3 is 12.0 Å². The molecule has 1 heterocycles. The number of hydrogen-bond donors (Lipinski definition) is 2. The molecule has 146 valence electrons. The Morgan fingerprint density at radius 1 is 1.11 bits per heavy atom. The molecule has 0 saturated carbocycles. The first-order valence-corrected chi connectivity index (χ1v) is 10.5. The predicted octanol–water partition coefficient (Wildman–Crippen LogP) is 4.44. The van der Waals surface area contributed by atoms with Crippen LogP contribution < -0.4 is 10.6 Å². The molecule has 2 aromatic rings. The zero-order chi connectivity index (χ0) is 19.9. The van der Waals surface area contributed by atoms with Crippen molar-refractivity contribution < 1.29 is 14.3 Å². The number of esters is 1. The summed E-state index contributed by atoms with van der Waals surface area (Å²) in [5.74, 6) is 0.820. The van der Waals surface area contributed by atoms with Crippen molar-refractivity contribution in [3.05, 3.63) is 82.0 Å². The van der Waals surface area contributed by atoms with Crippen molar-refractivity contribution in [3.63, 3.8) is 0 Å². The molecule has 0 aliphatic carbocycles. The molecule has 2 amide bonds. The summed E-state index contributed by atoms with van der Waals surface area (Å²) >= 11 is 7.60. The fourth-order valence-electron chi connectivity index (χ4n) is 2.93. The third-order valence-corrected chi connectivity index (χ3v) is 5.49. The third-order valence-electron chi connectivity index (χ3n) is 4.21. The highest BCUT2D eigenvalue weighted by atomic mass is 35.5. The van der Waals surface area contributed by atoms with Gasteiger partial charge in [0, 0.05) is 22.2 Å². The van der Waals surface area contributed by atoms with Gasteiger partial charge < -0.3 is 15.4 Å². The average Bonchev–Trinajstić information content (AvgIpc) is 2.69. The minimum absolute atomic E-state index is 0.258. The van der Waals surface area contributed by atoms with E-state index in [2.05, 4.69) is 10.6 Å². The first kappa shape index (κ1) is 20.3. The Labute approximate surface area is 173 Å². The zero-order valence-electron chi connectivity index (χ0n) is 15.4. The van der Waals surface area contributed by atoms with Crippen LogP contribution in [0.5, 0.6) is 0 Å². The lowest BCUT2D eigenvalue weighted by atomic mass is 9.95. The summed E-state index contributed by atoms with van der Waals surface area (Å²) in [6, 6.07) is 16.2. The Kier molecular flexibility index (Phi) is 7.01. The van der Waals surface area contributed by atoms with Gasteiger partial charge in [-0.25, -0.2) is 9.59 Å². The minimum Gasteiger partial charge on any atom is -0.463 e. The molecule has 1 atom stereocenters. The van der Waals surface area contributed by atoms with Crippen LogP contribution in [0.3, 0.4) is 0 Å². The molecule has 5 nitrogen and oxygen atoms in total. The Balaban J connectivity index is 1.87. The number of thioether (sulfide) groups is 1. The number of benzene rings is 2. The highest BCUT2D eigenvalue weighted by Gasteiger charge is 2.33. The number of ether oxygens (including phenoxy) is 1. The third kappa shape index (κ3) is 5.09. The quantitative estimate of drug-likeness (QED) is 0.654. The number of hydrogen-bond acceptors (Lipinski definition) is 4. The molecular formula is C21H21ClN2O3S. The summed E-state index contributed by atoms with van der Waals surface area (Å²) in [5.41, 5.74) is 2.94. The second-order valence-corrected chi connectivity index (χ2v) is 7.60. The summed E-state index contributed by atoms with van der Waals surface area (Å²) in [4.78, 5) is 24.9. The van der Waals surface area contributed by atoms with E-state index in [1.807, 2.05) is 30.3 Å². The van der Waals surface area contributed by atoms with Gasteiger partial charge in [-0.1, -0.05) is 54.1 Å². The van der Waals surface area contributed by atoms with Gasteiger partial charge in [-0.3, -0.25) is 0 Å². The lowest BCUT2D eigenvalue weighted by molar-refractivity contribution is -0.139. The lowest BCUT2D eigenvalue weighted by Crippen LogP contribution is -2.46. The van der Waals surface area contributed by atoms with Gasteiger partial charge in [-0.2, -0.15) is 11.8 Å². The second kappa shape index (κ2) is 9.66. The van der Waals surface area contributed by atoms with Crippen LogP contribution in [0, 0.1) is 0 Å². The molecule has 0 aromatic heterocycles. The van der Waals surface area contributed by atoms with Crippen LogP contribution in [0.25, 0.3) is 0 Å². The molecule has 0 saturated heterocycles. The topological polar surface area (TPSA) is 67.4 Å². The van der Waals surface area contributed by atoms with Crippen LogP contribution in [0.2, 0.25) is 5.02 Å². The van der Waals surface area contributed by atoms with Gasteiger partial charge in [0.2, 0.25) is 0 Å². The van der Waals surface area contributed by atoms with E-state index in [-0.39, 0.29) is 12.6 Å².